The van der Waals surface area contributed by atoms with Gasteiger partial charge in [0.05, 0.1) is 27.9 Å². The molecule has 0 saturated heterocycles. The summed E-state index contributed by atoms with van der Waals surface area (Å²) in [5.74, 6) is 0.842. The van der Waals surface area contributed by atoms with E-state index in [-0.39, 0.29) is 18.0 Å². The molecule has 1 amide bonds. The van der Waals surface area contributed by atoms with E-state index in [0.29, 0.717) is 34.1 Å². The molecule has 0 aliphatic carbocycles. The number of fused-ring (bicyclic) bond motifs is 1. The average molecular weight is 487 g/mol. The number of nitrogens with zero attached hydrogens (tertiary/aromatic N) is 1. The van der Waals surface area contributed by atoms with Crippen LogP contribution in [0.2, 0.25) is 0 Å². The van der Waals surface area contributed by atoms with E-state index in [0.717, 1.165) is 27.6 Å². The number of carbonyl (C=O) groups is 1. The summed E-state index contributed by atoms with van der Waals surface area (Å²) < 4.78 is 16.3. The molecule has 1 heterocycles. The number of rotatable bonds is 7. The number of ether oxygens (including phenoxy) is 3. The molecule has 1 N–H and O–H groups in total. The molecule has 36 heavy (non-hydrogen) atoms. The minimum absolute atomic E-state index is 0.0805. The molecule has 0 radical (unpaired) electrons. The fourth-order valence-corrected chi connectivity index (χ4v) is 4.18. The lowest BCUT2D eigenvalue weighted by Crippen LogP contribution is -2.33. The van der Waals surface area contributed by atoms with Crippen LogP contribution in [0.5, 0.6) is 17.2 Å². The summed E-state index contributed by atoms with van der Waals surface area (Å²) in [6.07, 6.45) is 0. The summed E-state index contributed by atoms with van der Waals surface area (Å²) in [6, 6.07) is 16.8. The Balaban J connectivity index is 1.84. The van der Waals surface area contributed by atoms with Crippen molar-refractivity contribution >= 4 is 22.5 Å². The summed E-state index contributed by atoms with van der Waals surface area (Å²) in [5, 5.41) is 0.899. The highest BCUT2D eigenvalue weighted by Crippen LogP contribution is 2.39. The molecular weight excluding hydrogens is 456 g/mol. The number of H-pyrrole nitrogens is 1. The monoisotopic (exact) mass is 486 g/mol. The lowest BCUT2D eigenvalue weighted by Gasteiger charge is -2.25. The van der Waals surface area contributed by atoms with Crippen molar-refractivity contribution in [2.45, 2.75) is 27.3 Å². The zero-order valence-corrected chi connectivity index (χ0v) is 21.4. The van der Waals surface area contributed by atoms with Crippen LogP contribution in [0, 0.1) is 20.8 Å². The third kappa shape index (κ3) is 4.77. The maximum Gasteiger partial charge on any atom is 0.258 e. The number of methoxy groups -OCH3 is 3. The number of anilines is 1. The van der Waals surface area contributed by atoms with Crippen LogP contribution in [0.3, 0.4) is 0 Å². The predicted octanol–water partition coefficient (Wildman–Crippen LogP) is 5.33. The van der Waals surface area contributed by atoms with Gasteiger partial charge in [0.15, 0.2) is 11.5 Å². The molecule has 7 heteroatoms. The first-order chi connectivity index (χ1) is 17.2. The van der Waals surface area contributed by atoms with Gasteiger partial charge in [0.2, 0.25) is 5.75 Å². The van der Waals surface area contributed by atoms with E-state index < -0.39 is 0 Å². The lowest BCUT2D eigenvalue weighted by molar-refractivity contribution is 0.0984. The topological polar surface area (TPSA) is 80.9 Å². The molecule has 186 valence electrons. The molecule has 3 aromatic carbocycles. The number of hydrogen-bond donors (Lipinski definition) is 1. The van der Waals surface area contributed by atoms with Crippen LogP contribution < -0.4 is 24.7 Å². The second kappa shape index (κ2) is 10.2. The first kappa shape index (κ1) is 24.9. The van der Waals surface area contributed by atoms with Crippen LogP contribution in [-0.2, 0) is 6.54 Å². The molecule has 7 nitrogen and oxygen atoms in total. The summed E-state index contributed by atoms with van der Waals surface area (Å²) in [5.41, 5.74) is 5.23. The number of aryl methyl sites for hydroxylation is 3. The van der Waals surface area contributed by atoms with Gasteiger partial charge < -0.3 is 24.1 Å². The largest absolute Gasteiger partial charge is 0.493 e. The van der Waals surface area contributed by atoms with Crippen molar-refractivity contribution in [2.24, 2.45) is 0 Å². The fraction of sp³-hybridized carbons (Fsp3) is 0.241. The van der Waals surface area contributed by atoms with E-state index in [9.17, 15) is 9.59 Å². The van der Waals surface area contributed by atoms with Gasteiger partial charge in [0.25, 0.3) is 11.5 Å². The number of aromatic nitrogens is 1. The highest BCUT2D eigenvalue weighted by atomic mass is 16.5. The van der Waals surface area contributed by atoms with Gasteiger partial charge in [-0.3, -0.25) is 9.59 Å². The van der Waals surface area contributed by atoms with Crippen LogP contribution in [0.25, 0.3) is 10.9 Å². The first-order valence-corrected chi connectivity index (χ1v) is 11.6. The number of aromatic amines is 1. The zero-order chi connectivity index (χ0) is 26.0. The Labute approximate surface area is 210 Å². The number of carbonyl (C=O) groups excluding carboxylic acids is 1. The molecule has 0 atom stereocenters. The van der Waals surface area contributed by atoms with Gasteiger partial charge in [0, 0.05) is 22.3 Å². The zero-order valence-electron chi connectivity index (χ0n) is 21.4. The molecule has 0 saturated carbocycles. The SMILES string of the molecule is COc1cc(C(=O)N(Cc2cc3ccc(C)cc3[nH]c2=O)c2ccc(C)c(C)c2)cc(OC)c1OC. The lowest BCUT2D eigenvalue weighted by atomic mass is 10.1. The molecule has 0 fully saturated rings. The Kier molecular flexibility index (Phi) is 7.01. The molecule has 4 rings (SSSR count). The first-order valence-electron chi connectivity index (χ1n) is 11.6. The Morgan fingerprint density at radius 1 is 0.833 bits per heavy atom. The Bertz CT molecular complexity index is 1480. The van der Waals surface area contributed by atoms with E-state index in [1.165, 1.54) is 21.3 Å². The van der Waals surface area contributed by atoms with Crippen LogP contribution in [0.15, 0.2) is 59.4 Å². The minimum Gasteiger partial charge on any atom is -0.493 e. The van der Waals surface area contributed by atoms with Crippen LogP contribution >= 0.6 is 0 Å². The van der Waals surface area contributed by atoms with Gasteiger partial charge in [-0.05, 0) is 79.2 Å². The molecular formula is C29H30N2O5. The number of benzene rings is 3. The van der Waals surface area contributed by atoms with E-state index in [4.69, 9.17) is 14.2 Å². The smallest absolute Gasteiger partial charge is 0.258 e. The Morgan fingerprint density at radius 2 is 1.53 bits per heavy atom. The molecule has 0 aliphatic rings. The number of pyridine rings is 1. The number of hydrogen-bond acceptors (Lipinski definition) is 5. The molecule has 0 spiro atoms. The van der Waals surface area contributed by atoms with E-state index in [2.05, 4.69) is 4.98 Å². The highest BCUT2D eigenvalue weighted by molar-refractivity contribution is 6.07. The molecule has 0 bridgehead atoms. The summed E-state index contributed by atoms with van der Waals surface area (Å²) in [7, 11) is 4.52. The summed E-state index contributed by atoms with van der Waals surface area (Å²) >= 11 is 0. The van der Waals surface area contributed by atoms with Crippen molar-refractivity contribution in [1.29, 1.82) is 0 Å². The van der Waals surface area contributed by atoms with Crippen molar-refractivity contribution in [2.75, 3.05) is 26.2 Å². The predicted molar refractivity (Wildman–Crippen MR) is 142 cm³/mol. The quantitative estimate of drug-likeness (QED) is 0.382. The highest BCUT2D eigenvalue weighted by Gasteiger charge is 2.24. The summed E-state index contributed by atoms with van der Waals surface area (Å²) in [4.78, 5) is 31.5. The summed E-state index contributed by atoms with van der Waals surface area (Å²) in [6.45, 7) is 6.06. The van der Waals surface area contributed by atoms with Gasteiger partial charge in [-0.15, -0.1) is 0 Å². The van der Waals surface area contributed by atoms with Crippen molar-refractivity contribution in [3.63, 3.8) is 0 Å². The van der Waals surface area contributed by atoms with Gasteiger partial charge in [-0.1, -0.05) is 18.2 Å². The van der Waals surface area contributed by atoms with Crippen LogP contribution in [0.1, 0.15) is 32.6 Å². The van der Waals surface area contributed by atoms with Gasteiger partial charge in [-0.25, -0.2) is 0 Å². The van der Waals surface area contributed by atoms with Crippen molar-refractivity contribution in [3.05, 3.63) is 92.8 Å². The van der Waals surface area contributed by atoms with Crippen LogP contribution in [0.4, 0.5) is 5.69 Å². The van der Waals surface area contributed by atoms with Gasteiger partial charge in [0.1, 0.15) is 0 Å². The maximum atomic E-state index is 14.0. The Morgan fingerprint density at radius 3 is 2.14 bits per heavy atom. The molecule has 0 unspecified atom stereocenters. The second-order valence-corrected chi connectivity index (χ2v) is 8.79. The average Bonchev–Trinajstić information content (AvgIpc) is 2.87. The second-order valence-electron chi connectivity index (χ2n) is 8.79. The van der Waals surface area contributed by atoms with E-state index >= 15 is 0 Å². The van der Waals surface area contributed by atoms with Crippen molar-refractivity contribution in [3.8, 4) is 17.2 Å². The fourth-order valence-electron chi connectivity index (χ4n) is 4.18. The maximum absolute atomic E-state index is 14.0. The third-order valence-electron chi connectivity index (χ3n) is 6.37. The molecule has 1 aromatic heterocycles. The van der Waals surface area contributed by atoms with Gasteiger partial charge in [-0.2, -0.15) is 0 Å². The molecule has 0 aliphatic heterocycles. The van der Waals surface area contributed by atoms with Crippen LogP contribution in [-0.4, -0.2) is 32.2 Å². The van der Waals surface area contributed by atoms with E-state index in [1.807, 2.05) is 63.2 Å². The minimum atomic E-state index is -0.305. The third-order valence-corrected chi connectivity index (χ3v) is 6.37. The van der Waals surface area contributed by atoms with Crippen molar-refractivity contribution in [1.82, 2.24) is 4.98 Å². The number of nitrogens with one attached hydrogen (secondary N) is 1. The Hall–Kier alpha value is -4.26. The normalized spacial score (nSPS) is 10.8. The van der Waals surface area contributed by atoms with E-state index in [1.54, 1.807) is 17.0 Å². The van der Waals surface area contributed by atoms with Gasteiger partial charge >= 0.3 is 0 Å². The molecule has 4 aromatic rings. The number of amides is 1. The standard InChI is InChI=1S/C29H30N2O5/c1-17-7-9-20-13-22(28(32)30-24(20)11-17)16-31(23-10-8-18(2)19(3)12-23)29(33)21-14-25(34-4)27(36-6)26(15-21)35-5/h7-15H,16H2,1-6H3,(H,30,32). The van der Waals surface area contributed by atoms with Crippen molar-refractivity contribution < 1.29 is 19.0 Å².